The fraction of sp³-hybridized carbons (Fsp3) is 0.333. The van der Waals surface area contributed by atoms with E-state index in [1.807, 2.05) is 0 Å². The average Bonchev–Trinajstić information content (AvgIpc) is 2.67. The van der Waals surface area contributed by atoms with Gasteiger partial charge in [0.15, 0.2) is 12.4 Å². The van der Waals surface area contributed by atoms with E-state index in [-0.39, 0.29) is 41.6 Å². The predicted octanol–water partition coefficient (Wildman–Crippen LogP) is 3.18. The lowest BCUT2D eigenvalue weighted by atomic mass is 9.89. The number of Topliss-reactive ketones (excluding diaryl/α,β-unsaturated/α-hetero) is 1. The lowest BCUT2D eigenvalue weighted by molar-refractivity contribution is -0.384. The van der Waals surface area contributed by atoms with Gasteiger partial charge in [0.1, 0.15) is 17.2 Å². The highest BCUT2D eigenvalue weighted by Gasteiger charge is 2.42. The van der Waals surface area contributed by atoms with Crippen LogP contribution in [0.2, 0.25) is 0 Å². The number of hydrogen-bond donors (Lipinski definition) is 1. The van der Waals surface area contributed by atoms with Crippen molar-refractivity contribution in [2.45, 2.75) is 39.9 Å². The van der Waals surface area contributed by atoms with E-state index in [0.29, 0.717) is 22.4 Å². The molecule has 1 N–H and O–H groups in total. The largest absolute Gasteiger partial charge is 0.487 e. The molecule has 2 aromatic carbocycles. The van der Waals surface area contributed by atoms with Crippen LogP contribution in [0.3, 0.4) is 0 Å². The van der Waals surface area contributed by atoms with Crippen LogP contribution in [-0.2, 0) is 4.79 Å². The number of carbonyl (C=O) groups excluding carboxylic acids is 2. The summed E-state index contributed by atoms with van der Waals surface area (Å²) in [6, 6.07) is 5.33. The third-order valence-electron chi connectivity index (χ3n) is 4.95. The number of nitrogens with zero attached hydrogens (tertiary/aromatic N) is 1. The Morgan fingerprint density at radius 3 is 2.40 bits per heavy atom. The molecule has 9 heteroatoms. The lowest BCUT2D eigenvalue weighted by Crippen LogP contribution is -2.47. The molecule has 0 aromatic heterocycles. The first-order valence-electron chi connectivity index (χ1n) is 9.16. The summed E-state index contributed by atoms with van der Waals surface area (Å²) in [7, 11) is 0. The van der Waals surface area contributed by atoms with Gasteiger partial charge >= 0.3 is 5.97 Å². The number of nitro groups is 1. The van der Waals surface area contributed by atoms with Gasteiger partial charge < -0.3 is 19.3 Å². The number of nitro benzene ring substituents is 1. The van der Waals surface area contributed by atoms with E-state index in [4.69, 9.17) is 14.2 Å². The summed E-state index contributed by atoms with van der Waals surface area (Å²) in [4.78, 5) is 34.5. The van der Waals surface area contributed by atoms with Gasteiger partial charge in [-0.15, -0.1) is 0 Å². The first kappa shape index (κ1) is 21.3. The summed E-state index contributed by atoms with van der Waals surface area (Å²) in [5.74, 6) is -1.99. The van der Waals surface area contributed by atoms with E-state index in [1.165, 1.54) is 31.2 Å². The zero-order valence-electron chi connectivity index (χ0n) is 17.0. The fourth-order valence-electron chi connectivity index (χ4n) is 3.36. The molecule has 0 radical (unpaired) electrons. The van der Waals surface area contributed by atoms with Gasteiger partial charge in [0.25, 0.3) is 5.69 Å². The first-order valence-corrected chi connectivity index (χ1v) is 9.16. The number of ether oxygens (including phenoxy) is 3. The Kier molecular flexibility index (Phi) is 5.49. The smallest absolute Gasteiger partial charge is 0.308 e. The second-order valence-electron chi connectivity index (χ2n) is 7.19. The average molecular weight is 415 g/mol. The molecule has 2 aromatic rings. The molecule has 0 spiro atoms. The minimum atomic E-state index is -1.92. The molecule has 3 rings (SSSR count). The number of esters is 1. The van der Waals surface area contributed by atoms with Gasteiger partial charge in [0, 0.05) is 24.6 Å². The van der Waals surface area contributed by atoms with Crippen molar-refractivity contribution >= 4 is 17.4 Å². The summed E-state index contributed by atoms with van der Waals surface area (Å²) in [5.41, 5.74) is 1.81. The highest BCUT2D eigenvalue weighted by Crippen LogP contribution is 2.43. The number of aliphatic hydroxyl groups is 1. The number of ketones is 1. The number of hydrogen-bond acceptors (Lipinski definition) is 8. The van der Waals surface area contributed by atoms with Crippen molar-refractivity contribution < 1.29 is 33.8 Å². The summed E-state index contributed by atoms with van der Waals surface area (Å²) < 4.78 is 16.6. The zero-order valence-corrected chi connectivity index (χ0v) is 17.0. The van der Waals surface area contributed by atoms with Crippen LogP contribution >= 0.6 is 0 Å². The molecule has 1 atom stereocenters. The van der Waals surface area contributed by atoms with E-state index in [9.17, 15) is 24.8 Å². The number of benzene rings is 2. The van der Waals surface area contributed by atoms with Crippen LogP contribution in [0.4, 0.5) is 5.69 Å². The molecule has 30 heavy (non-hydrogen) atoms. The van der Waals surface area contributed by atoms with Gasteiger partial charge in [-0.2, -0.15) is 0 Å². The molecule has 158 valence electrons. The molecule has 0 saturated heterocycles. The molecule has 1 unspecified atom stereocenters. The van der Waals surface area contributed by atoms with Crippen molar-refractivity contribution in [1.82, 2.24) is 0 Å². The molecule has 1 aliphatic heterocycles. The minimum absolute atomic E-state index is 0.0933. The Bertz CT molecular complexity index is 1040. The summed E-state index contributed by atoms with van der Waals surface area (Å²) >= 11 is 0. The third-order valence-corrected chi connectivity index (χ3v) is 4.95. The van der Waals surface area contributed by atoms with Crippen LogP contribution in [0.25, 0.3) is 0 Å². The molecule has 0 fully saturated rings. The molecule has 0 aliphatic carbocycles. The first-order chi connectivity index (χ1) is 14.0. The van der Waals surface area contributed by atoms with Crippen LogP contribution in [-0.4, -0.2) is 34.2 Å². The van der Waals surface area contributed by atoms with Gasteiger partial charge in [-0.3, -0.25) is 19.7 Å². The van der Waals surface area contributed by atoms with Gasteiger partial charge in [-0.05, 0) is 44.0 Å². The number of rotatable bonds is 5. The van der Waals surface area contributed by atoms with Crippen LogP contribution in [0, 0.1) is 30.9 Å². The van der Waals surface area contributed by atoms with Gasteiger partial charge in [0.2, 0.25) is 5.79 Å². The molecule has 1 heterocycles. The molecule has 0 saturated carbocycles. The Labute approximate surface area is 172 Å². The van der Waals surface area contributed by atoms with E-state index >= 15 is 0 Å². The predicted molar refractivity (Wildman–Crippen MR) is 105 cm³/mol. The van der Waals surface area contributed by atoms with E-state index in [0.717, 1.165) is 0 Å². The maximum Gasteiger partial charge on any atom is 0.308 e. The number of non-ortho nitro benzene ring substituents is 1. The SMILES string of the molecule is CC(=O)Oc1c(C)c(C)c2c(c1C)C(=O)CC(O)(COc1ccc([N+](=O)[O-])cc1)O2. The van der Waals surface area contributed by atoms with Gasteiger partial charge in [-0.25, -0.2) is 0 Å². The molecular formula is C21H21NO8. The van der Waals surface area contributed by atoms with Gasteiger partial charge in [0.05, 0.1) is 16.9 Å². The zero-order chi connectivity index (χ0) is 22.2. The quantitative estimate of drug-likeness (QED) is 0.342. The highest BCUT2D eigenvalue weighted by molar-refractivity contribution is 6.03. The third kappa shape index (κ3) is 3.97. The molecule has 0 amide bonds. The Morgan fingerprint density at radius 2 is 1.83 bits per heavy atom. The lowest BCUT2D eigenvalue weighted by Gasteiger charge is -2.35. The maximum atomic E-state index is 12.8. The van der Waals surface area contributed by atoms with Crippen molar-refractivity contribution in [3.05, 3.63) is 56.6 Å². The Hall–Kier alpha value is -3.46. The second-order valence-corrected chi connectivity index (χ2v) is 7.19. The fourth-order valence-corrected chi connectivity index (χ4v) is 3.36. The van der Waals surface area contributed by atoms with Crippen molar-refractivity contribution in [3.8, 4) is 17.2 Å². The summed E-state index contributed by atoms with van der Waals surface area (Å²) in [6.45, 7) is 6.01. The molecule has 1 aliphatic rings. The van der Waals surface area contributed by atoms with Crippen molar-refractivity contribution in [3.63, 3.8) is 0 Å². The minimum Gasteiger partial charge on any atom is -0.487 e. The number of carbonyl (C=O) groups is 2. The van der Waals surface area contributed by atoms with Crippen LogP contribution in [0.5, 0.6) is 17.2 Å². The van der Waals surface area contributed by atoms with E-state index in [2.05, 4.69) is 0 Å². The Balaban J connectivity index is 1.87. The van der Waals surface area contributed by atoms with Crippen LogP contribution in [0.1, 0.15) is 40.4 Å². The molecule has 0 bridgehead atoms. The van der Waals surface area contributed by atoms with Crippen LogP contribution in [0.15, 0.2) is 24.3 Å². The maximum absolute atomic E-state index is 12.8. The summed E-state index contributed by atoms with van der Waals surface area (Å²) in [5, 5.41) is 21.6. The topological polar surface area (TPSA) is 125 Å². The van der Waals surface area contributed by atoms with Gasteiger partial charge in [-0.1, -0.05) is 0 Å². The van der Waals surface area contributed by atoms with Crippen LogP contribution < -0.4 is 14.2 Å². The molecule has 9 nitrogen and oxygen atoms in total. The summed E-state index contributed by atoms with van der Waals surface area (Å²) in [6.07, 6.45) is -0.365. The van der Waals surface area contributed by atoms with Crippen molar-refractivity contribution in [2.75, 3.05) is 6.61 Å². The van der Waals surface area contributed by atoms with Crippen molar-refractivity contribution in [2.24, 2.45) is 0 Å². The monoisotopic (exact) mass is 415 g/mol. The van der Waals surface area contributed by atoms with E-state index in [1.54, 1.807) is 20.8 Å². The second kappa shape index (κ2) is 7.75. The Morgan fingerprint density at radius 1 is 1.20 bits per heavy atom. The number of fused-ring (bicyclic) bond motifs is 1. The highest BCUT2D eigenvalue weighted by atomic mass is 16.7. The van der Waals surface area contributed by atoms with E-state index < -0.39 is 16.7 Å². The standard InChI is InChI=1S/C21H21NO8/c1-11-12(2)20-18(13(3)19(11)29-14(4)23)17(24)9-21(25,30-20)10-28-16-7-5-15(6-8-16)22(26)27/h5-8,25H,9-10H2,1-4H3. The van der Waals surface area contributed by atoms with Crippen molar-refractivity contribution in [1.29, 1.82) is 0 Å². The normalized spacial score (nSPS) is 17.7. The molecular weight excluding hydrogens is 394 g/mol.